The average Bonchev–Trinajstić information content (AvgIpc) is 3.73. The quantitative estimate of drug-likeness (QED) is 0.227. The molecule has 0 aliphatic heterocycles. The molecule has 0 fully saturated rings. The number of fused-ring (bicyclic) bond motifs is 3. The fourth-order valence-corrected chi connectivity index (χ4v) is 5.33. The van der Waals surface area contributed by atoms with E-state index in [1.165, 1.54) is 5.56 Å². The summed E-state index contributed by atoms with van der Waals surface area (Å²) >= 11 is 0. The monoisotopic (exact) mass is 548 g/mol. The SMILES string of the molecule is C[NH+]=C/C(=C\N)c1cccc(Cc2c3c(nn2C)CCc2cnc(Nc4ccn(CCCn5ccnc5)n4)nc2-3)c1. The van der Waals surface area contributed by atoms with E-state index < -0.39 is 0 Å². The lowest BCUT2D eigenvalue weighted by Gasteiger charge is -2.17. The Kier molecular flexibility index (Phi) is 7.40. The van der Waals surface area contributed by atoms with Crippen molar-refractivity contribution in [1.82, 2.24) is 39.1 Å². The van der Waals surface area contributed by atoms with Crippen LogP contribution in [0.15, 0.2) is 67.6 Å². The third-order valence-corrected chi connectivity index (χ3v) is 7.33. The Balaban J connectivity index is 1.22. The number of benzene rings is 1. The van der Waals surface area contributed by atoms with E-state index >= 15 is 0 Å². The summed E-state index contributed by atoms with van der Waals surface area (Å²) in [5.74, 6) is 1.24. The minimum absolute atomic E-state index is 0.525. The van der Waals surface area contributed by atoms with Gasteiger partial charge in [0.2, 0.25) is 5.95 Å². The van der Waals surface area contributed by atoms with Gasteiger partial charge in [-0.25, -0.2) is 15.0 Å². The first-order valence-corrected chi connectivity index (χ1v) is 13.8. The van der Waals surface area contributed by atoms with E-state index in [1.807, 2.05) is 60.7 Å². The molecule has 0 saturated carbocycles. The molecule has 0 unspecified atom stereocenters. The molecule has 0 amide bonds. The maximum atomic E-state index is 5.88. The van der Waals surface area contributed by atoms with Gasteiger partial charge in [-0.05, 0) is 36.0 Å². The Bertz CT molecular complexity index is 1710. The molecule has 6 rings (SSSR count). The summed E-state index contributed by atoms with van der Waals surface area (Å²) in [5.41, 5.74) is 14.4. The molecule has 11 nitrogen and oxygen atoms in total. The second kappa shape index (κ2) is 11.6. The minimum Gasteiger partial charge on any atom is -0.404 e. The predicted octanol–water partition coefficient (Wildman–Crippen LogP) is 1.87. The predicted molar refractivity (Wildman–Crippen MR) is 158 cm³/mol. The molecule has 0 spiro atoms. The van der Waals surface area contributed by atoms with Crippen LogP contribution in [-0.2, 0) is 39.4 Å². The molecule has 4 heterocycles. The lowest BCUT2D eigenvalue weighted by molar-refractivity contribution is -0.412. The van der Waals surface area contributed by atoms with Crippen LogP contribution in [-0.4, -0.2) is 52.3 Å². The first-order valence-electron chi connectivity index (χ1n) is 13.8. The summed E-state index contributed by atoms with van der Waals surface area (Å²) in [6.45, 7) is 1.71. The number of imidazole rings is 1. The second-order valence-corrected chi connectivity index (χ2v) is 10.1. The van der Waals surface area contributed by atoms with E-state index in [9.17, 15) is 0 Å². The van der Waals surface area contributed by atoms with Crippen LogP contribution in [0.1, 0.15) is 34.5 Å². The summed E-state index contributed by atoms with van der Waals surface area (Å²) in [6, 6.07) is 10.4. The van der Waals surface area contributed by atoms with Gasteiger partial charge in [-0.15, -0.1) is 0 Å². The lowest BCUT2D eigenvalue weighted by Crippen LogP contribution is -2.63. The summed E-state index contributed by atoms with van der Waals surface area (Å²) in [4.78, 5) is 16.7. The number of nitrogens with two attached hydrogens (primary N) is 1. The summed E-state index contributed by atoms with van der Waals surface area (Å²) in [5, 5.41) is 12.8. The number of anilines is 2. The van der Waals surface area contributed by atoms with Crippen molar-refractivity contribution in [2.24, 2.45) is 12.8 Å². The van der Waals surface area contributed by atoms with Gasteiger partial charge in [-0.2, -0.15) is 10.2 Å². The van der Waals surface area contributed by atoms with Gasteiger partial charge in [-0.3, -0.25) is 14.4 Å². The number of nitrogens with zero attached hydrogens (tertiary/aromatic N) is 8. The Hall–Kier alpha value is -5.06. The highest BCUT2D eigenvalue weighted by Gasteiger charge is 2.26. The number of hydrogen-bond acceptors (Lipinski definition) is 7. The third-order valence-electron chi connectivity index (χ3n) is 7.33. The topological polar surface area (TPSA) is 131 Å². The van der Waals surface area contributed by atoms with Gasteiger partial charge >= 0.3 is 0 Å². The molecular weight excluding hydrogens is 514 g/mol. The maximum Gasteiger partial charge on any atom is 0.228 e. The molecule has 0 saturated heterocycles. The zero-order chi connectivity index (χ0) is 28.2. The normalized spacial score (nSPS) is 13.0. The Morgan fingerprint density at radius 3 is 2.90 bits per heavy atom. The molecule has 41 heavy (non-hydrogen) atoms. The maximum absolute atomic E-state index is 5.88. The van der Waals surface area contributed by atoms with Gasteiger partial charge in [-0.1, -0.05) is 24.3 Å². The highest BCUT2D eigenvalue weighted by molar-refractivity contribution is 6.06. The third kappa shape index (κ3) is 5.65. The van der Waals surface area contributed by atoms with Crippen molar-refractivity contribution >= 4 is 23.6 Å². The van der Waals surface area contributed by atoms with Crippen molar-refractivity contribution in [2.45, 2.75) is 38.8 Å². The fraction of sp³-hybridized carbons (Fsp3) is 0.267. The molecule has 5 aromatic rings. The van der Waals surface area contributed by atoms with Crippen LogP contribution in [0.25, 0.3) is 16.8 Å². The second-order valence-electron chi connectivity index (χ2n) is 10.1. The van der Waals surface area contributed by atoms with Crippen molar-refractivity contribution in [1.29, 1.82) is 0 Å². The van der Waals surface area contributed by atoms with Crippen LogP contribution in [0.4, 0.5) is 11.8 Å². The van der Waals surface area contributed by atoms with Crippen LogP contribution >= 0.6 is 0 Å². The van der Waals surface area contributed by atoms with Gasteiger partial charge in [0, 0.05) is 69.2 Å². The first kappa shape index (κ1) is 26.2. The van der Waals surface area contributed by atoms with Crippen molar-refractivity contribution in [3.8, 4) is 11.3 Å². The molecule has 1 aliphatic rings. The van der Waals surface area contributed by atoms with E-state index in [2.05, 4.69) is 54.2 Å². The summed E-state index contributed by atoms with van der Waals surface area (Å²) in [7, 11) is 3.88. The van der Waals surface area contributed by atoms with E-state index in [1.54, 1.807) is 12.4 Å². The molecule has 0 atom stereocenters. The smallest absolute Gasteiger partial charge is 0.228 e. The molecule has 208 valence electrons. The lowest BCUT2D eigenvalue weighted by atomic mass is 9.91. The van der Waals surface area contributed by atoms with Gasteiger partial charge < -0.3 is 15.6 Å². The number of rotatable bonds is 10. The number of allylic oxidation sites excluding steroid dienone is 1. The molecule has 4 aromatic heterocycles. The average molecular weight is 549 g/mol. The summed E-state index contributed by atoms with van der Waals surface area (Å²) < 4.78 is 5.99. The summed E-state index contributed by atoms with van der Waals surface area (Å²) in [6.07, 6.45) is 16.4. The van der Waals surface area contributed by atoms with Crippen molar-refractivity contribution in [3.63, 3.8) is 0 Å². The van der Waals surface area contributed by atoms with Crippen molar-refractivity contribution in [2.75, 3.05) is 12.4 Å². The zero-order valence-electron chi connectivity index (χ0n) is 23.3. The van der Waals surface area contributed by atoms with E-state index in [0.717, 1.165) is 78.1 Å². The van der Waals surface area contributed by atoms with E-state index in [-0.39, 0.29) is 0 Å². The van der Waals surface area contributed by atoms with E-state index in [0.29, 0.717) is 11.8 Å². The molecular formula is C30H34N11+. The van der Waals surface area contributed by atoms with Crippen LogP contribution in [0.5, 0.6) is 0 Å². The van der Waals surface area contributed by atoms with Gasteiger partial charge in [0.1, 0.15) is 7.05 Å². The van der Waals surface area contributed by atoms with Gasteiger partial charge in [0.25, 0.3) is 0 Å². The van der Waals surface area contributed by atoms with E-state index in [4.69, 9.17) is 15.8 Å². The number of nitrogens with one attached hydrogen (secondary N) is 2. The fourth-order valence-electron chi connectivity index (χ4n) is 5.33. The Morgan fingerprint density at radius 2 is 2.07 bits per heavy atom. The number of aryl methyl sites for hydroxylation is 5. The van der Waals surface area contributed by atoms with Crippen molar-refractivity contribution in [3.05, 3.63) is 95.7 Å². The van der Waals surface area contributed by atoms with Crippen LogP contribution in [0.3, 0.4) is 0 Å². The van der Waals surface area contributed by atoms with Crippen LogP contribution in [0, 0.1) is 0 Å². The van der Waals surface area contributed by atoms with Gasteiger partial charge in [0.15, 0.2) is 12.0 Å². The Labute approximate surface area is 238 Å². The molecule has 0 bridgehead atoms. The standard InChI is InChI=1S/C30H33N11/c1-32-18-24(17-31)22-6-3-5-21(15-22)16-26-28-25(37-39(26)2)8-7-23-19-34-30(36-29(23)28)35-27-9-13-41(38-27)12-4-11-40-14-10-33-20-40/h3,5-6,9-10,13-15,17-20H,4,7-8,11-12,16,31H2,1-2H3,(H,34,35,36,38)/p+1/b24-17+,32-18?. The van der Waals surface area contributed by atoms with Gasteiger partial charge in [0.05, 0.1) is 29.0 Å². The molecule has 11 heteroatoms. The minimum atomic E-state index is 0.525. The highest BCUT2D eigenvalue weighted by atomic mass is 15.3. The number of aromatic nitrogens is 8. The largest absolute Gasteiger partial charge is 0.404 e. The zero-order valence-corrected chi connectivity index (χ0v) is 23.3. The van der Waals surface area contributed by atoms with Crippen molar-refractivity contribution < 1.29 is 4.99 Å². The highest BCUT2D eigenvalue weighted by Crippen LogP contribution is 2.36. The molecule has 1 aliphatic carbocycles. The molecule has 0 radical (unpaired) electrons. The Morgan fingerprint density at radius 1 is 1.15 bits per heavy atom. The molecule has 1 aromatic carbocycles. The number of hydrogen-bond donors (Lipinski definition) is 3. The van der Waals surface area contributed by atoms with Crippen LogP contribution in [0.2, 0.25) is 0 Å². The first-order chi connectivity index (χ1) is 20.1. The van der Waals surface area contributed by atoms with Crippen LogP contribution < -0.4 is 16.0 Å². The molecule has 4 N–H and O–H groups in total.